The van der Waals surface area contributed by atoms with Gasteiger partial charge in [0.05, 0.1) is 24.1 Å². The lowest BCUT2D eigenvalue weighted by Crippen LogP contribution is -2.35. The molecular formula is C15H14FN3O2. The lowest BCUT2D eigenvalue weighted by atomic mass is 10.0. The van der Waals surface area contributed by atoms with Gasteiger partial charge in [0, 0.05) is 12.6 Å². The number of aromatic nitrogens is 2. The van der Waals surface area contributed by atoms with Gasteiger partial charge < -0.3 is 9.88 Å². The molecule has 21 heavy (non-hydrogen) atoms. The van der Waals surface area contributed by atoms with Gasteiger partial charge in [-0.2, -0.15) is 0 Å². The predicted octanol–water partition coefficient (Wildman–Crippen LogP) is 1.86. The highest BCUT2D eigenvalue weighted by molar-refractivity contribution is 5.97. The lowest BCUT2D eigenvalue weighted by molar-refractivity contribution is -0.124. The number of carbonyl (C=O) groups excluding carboxylic acids is 2. The summed E-state index contributed by atoms with van der Waals surface area (Å²) in [5.41, 5.74) is 1.16. The van der Waals surface area contributed by atoms with Crippen LogP contribution < -0.4 is 5.32 Å². The quantitative estimate of drug-likeness (QED) is 0.937. The minimum Gasteiger partial charge on any atom is -0.349 e. The summed E-state index contributed by atoms with van der Waals surface area (Å²) in [5, 5.41) is 2.78. The Morgan fingerprint density at radius 1 is 1.43 bits per heavy atom. The molecule has 0 saturated carbocycles. The van der Waals surface area contributed by atoms with Gasteiger partial charge in [0.15, 0.2) is 5.78 Å². The van der Waals surface area contributed by atoms with Crippen molar-refractivity contribution in [3.05, 3.63) is 53.9 Å². The molecule has 0 bridgehead atoms. The minimum absolute atomic E-state index is 0.0595. The Labute approximate surface area is 120 Å². The molecule has 0 radical (unpaired) electrons. The van der Waals surface area contributed by atoms with E-state index < -0.39 is 5.82 Å². The summed E-state index contributed by atoms with van der Waals surface area (Å²) in [6.45, 7) is 0.236. The first-order valence-electron chi connectivity index (χ1n) is 6.73. The summed E-state index contributed by atoms with van der Waals surface area (Å²) in [4.78, 5) is 27.9. The average Bonchev–Trinajstić information content (AvgIpc) is 2.97. The Hall–Kier alpha value is -2.50. The van der Waals surface area contributed by atoms with Crippen molar-refractivity contribution >= 4 is 11.7 Å². The van der Waals surface area contributed by atoms with Crippen LogP contribution in [0.1, 0.15) is 35.1 Å². The van der Waals surface area contributed by atoms with Crippen LogP contribution in [-0.4, -0.2) is 21.2 Å². The third-order valence-electron chi connectivity index (χ3n) is 3.58. The van der Waals surface area contributed by atoms with E-state index in [0.29, 0.717) is 24.2 Å². The van der Waals surface area contributed by atoms with Crippen LogP contribution in [-0.2, 0) is 11.3 Å². The highest BCUT2D eigenvalue weighted by Crippen LogP contribution is 2.25. The van der Waals surface area contributed by atoms with Gasteiger partial charge in [-0.15, -0.1) is 0 Å². The van der Waals surface area contributed by atoms with Crippen molar-refractivity contribution < 1.29 is 14.0 Å². The van der Waals surface area contributed by atoms with Crippen LogP contribution in [0.4, 0.5) is 4.39 Å². The van der Waals surface area contributed by atoms with Crippen molar-refractivity contribution in [1.29, 1.82) is 0 Å². The largest absolute Gasteiger partial charge is 0.349 e. The van der Waals surface area contributed by atoms with Gasteiger partial charge in [0.2, 0.25) is 5.91 Å². The number of amides is 1. The summed E-state index contributed by atoms with van der Waals surface area (Å²) in [7, 11) is 0. The third kappa shape index (κ3) is 2.69. The second-order valence-corrected chi connectivity index (χ2v) is 4.96. The molecule has 1 unspecified atom stereocenters. The number of rotatable bonds is 3. The molecule has 1 aliphatic heterocycles. The minimum atomic E-state index is -0.409. The molecule has 1 N–H and O–H groups in total. The molecule has 0 fully saturated rings. The van der Waals surface area contributed by atoms with Crippen LogP contribution in [0.3, 0.4) is 0 Å². The molecule has 0 aromatic carbocycles. The second-order valence-electron chi connectivity index (χ2n) is 4.96. The molecule has 2 aromatic heterocycles. The van der Waals surface area contributed by atoms with E-state index in [0.717, 1.165) is 6.20 Å². The maximum Gasteiger partial charge on any atom is 0.243 e. The third-order valence-corrected chi connectivity index (χ3v) is 3.58. The number of nitrogens with one attached hydrogen (secondary N) is 1. The number of nitrogens with zero attached hydrogens (tertiary/aromatic N) is 2. The number of carbonyl (C=O) groups is 2. The predicted molar refractivity (Wildman–Crippen MR) is 73.1 cm³/mol. The first-order chi connectivity index (χ1) is 10.1. The van der Waals surface area contributed by atoms with E-state index in [2.05, 4.69) is 10.3 Å². The maximum atomic E-state index is 12.8. The van der Waals surface area contributed by atoms with Gasteiger partial charge in [-0.3, -0.25) is 14.6 Å². The zero-order chi connectivity index (χ0) is 14.8. The molecule has 1 aliphatic rings. The van der Waals surface area contributed by atoms with Gasteiger partial charge in [-0.25, -0.2) is 4.39 Å². The molecule has 0 spiro atoms. The fraction of sp³-hybridized carbons (Fsp3) is 0.267. The molecule has 6 heteroatoms. The topological polar surface area (TPSA) is 64.0 Å². The second kappa shape index (κ2) is 5.47. The van der Waals surface area contributed by atoms with Gasteiger partial charge in [0.25, 0.3) is 0 Å². The molecule has 5 nitrogen and oxygen atoms in total. The number of hydrogen-bond acceptors (Lipinski definition) is 3. The highest BCUT2D eigenvalue weighted by Gasteiger charge is 2.29. The van der Waals surface area contributed by atoms with Gasteiger partial charge in [-0.05, 0) is 30.7 Å². The van der Waals surface area contributed by atoms with Crippen LogP contribution >= 0.6 is 0 Å². The molecule has 0 aliphatic carbocycles. The molecular weight excluding hydrogens is 273 g/mol. The van der Waals surface area contributed by atoms with Crippen molar-refractivity contribution in [2.24, 2.45) is 0 Å². The molecule has 1 amide bonds. The summed E-state index contributed by atoms with van der Waals surface area (Å²) in [5.74, 6) is -0.511. The molecule has 108 valence electrons. The fourth-order valence-corrected chi connectivity index (χ4v) is 2.50. The summed E-state index contributed by atoms with van der Waals surface area (Å²) in [6.07, 6.45) is 3.72. The molecule has 3 heterocycles. The Bertz CT molecular complexity index is 678. The fourth-order valence-electron chi connectivity index (χ4n) is 2.50. The Balaban J connectivity index is 1.68. The number of hydrogen-bond donors (Lipinski definition) is 1. The van der Waals surface area contributed by atoms with Crippen LogP contribution in [0.2, 0.25) is 0 Å². The van der Waals surface area contributed by atoms with Gasteiger partial charge >= 0.3 is 0 Å². The number of Topliss-reactive ketones (excluding diaryl/α,β-unsaturated/α-hetero) is 1. The van der Waals surface area contributed by atoms with Gasteiger partial charge in [0.1, 0.15) is 11.9 Å². The highest BCUT2D eigenvalue weighted by atomic mass is 19.1. The van der Waals surface area contributed by atoms with E-state index in [1.54, 1.807) is 22.9 Å². The number of pyridine rings is 1. The zero-order valence-electron chi connectivity index (χ0n) is 11.3. The zero-order valence-corrected chi connectivity index (χ0v) is 11.3. The van der Waals surface area contributed by atoms with Crippen molar-refractivity contribution in [3.8, 4) is 0 Å². The SMILES string of the molecule is O=C1CCC(C(=O)NCc2ccc(F)cn2)n2cccc21. The van der Waals surface area contributed by atoms with E-state index in [1.807, 2.05) is 0 Å². The molecule has 2 aromatic rings. The molecule has 3 rings (SSSR count). The number of ketones is 1. The maximum absolute atomic E-state index is 12.8. The van der Waals surface area contributed by atoms with Crippen LogP contribution in [0.15, 0.2) is 36.7 Å². The van der Waals surface area contributed by atoms with Crippen LogP contribution in [0.5, 0.6) is 0 Å². The van der Waals surface area contributed by atoms with E-state index in [-0.39, 0.29) is 24.3 Å². The summed E-state index contributed by atoms with van der Waals surface area (Å²) < 4.78 is 14.5. The first-order valence-corrected chi connectivity index (χ1v) is 6.73. The standard InChI is InChI=1S/C15H14FN3O2/c16-10-3-4-11(17-8-10)9-18-15(21)13-5-6-14(20)12-2-1-7-19(12)13/h1-4,7-8,13H,5-6,9H2,(H,18,21). The molecule has 1 atom stereocenters. The monoisotopic (exact) mass is 287 g/mol. The van der Waals surface area contributed by atoms with Crippen molar-refractivity contribution in [3.63, 3.8) is 0 Å². The van der Waals surface area contributed by atoms with Crippen LogP contribution in [0, 0.1) is 5.82 Å². The van der Waals surface area contributed by atoms with Crippen molar-refractivity contribution in [2.45, 2.75) is 25.4 Å². The van der Waals surface area contributed by atoms with E-state index >= 15 is 0 Å². The Morgan fingerprint density at radius 2 is 2.29 bits per heavy atom. The van der Waals surface area contributed by atoms with Crippen molar-refractivity contribution in [1.82, 2.24) is 14.9 Å². The summed E-state index contributed by atoms with van der Waals surface area (Å²) >= 11 is 0. The van der Waals surface area contributed by atoms with E-state index in [9.17, 15) is 14.0 Å². The Morgan fingerprint density at radius 3 is 3.05 bits per heavy atom. The first kappa shape index (κ1) is 13.5. The molecule has 0 saturated heterocycles. The van der Waals surface area contributed by atoms with Crippen LogP contribution in [0.25, 0.3) is 0 Å². The summed E-state index contributed by atoms with van der Waals surface area (Å²) in [6, 6.07) is 5.94. The van der Waals surface area contributed by atoms with Gasteiger partial charge in [-0.1, -0.05) is 0 Å². The Kier molecular flexibility index (Phi) is 3.51. The normalized spacial score (nSPS) is 17.4. The van der Waals surface area contributed by atoms with E-state index in [4.69, 9.17) is 0 Å². The average molecular weight is 287 g/mol. The van der Waals surface area contributed by atoms with E-state index in [1.165, 1.54) is 12.1 Å². The van der Waals surface area contributed by atoms with Crippen molar-refractivity contribution in [2.75, 3.05) is 0 Å². The smallest absolute Gasteiger partial charge is 0.243 e. The lowest BCUT2D eigenvalue weighted by Gasteiger charge is -2.24. The number of fused-ring (bicyclic) bond motifs is 1. The number of halogens is 1.